The summed E-state index contributed by atoms with van der Waals surface area (Å²) in [5.41, 5.74) is 6.12. The lowest BCUT2D eigenvalue weighted by atomic mass is 10.0. The lowest BCUT2D eigenvalue weighted by Gasteiger charge is -2.21. The van der Waals surface area contributed by atoms with Gasteiger partial charge in [0.1, 0.15) is 0 Å². The van der Waals surface area contributed by atoms with Crippen LogP contribution in [-0.4, -0.2) is 30.0 Å². The Bertz CT molecular complexity index is 477. The van der Waals surface area contributed by atoms with E-state index in [0.29, 0.717) is 18.8 Å². The topological polar surface area (TPSA) is 90.0 Å². The molecule has 3 N–H and O–H groups in total. The zero-order chi connectivity index (χ0) is 13.0. The Morgan fingerprint density at radius 1 is 1.39 bits per heavy atom. The van der Waals surface area contributed by atoms with Crippen molar-refractivity contribution in [3.63, 3.8) is 0 Å². The van der Waals surface area contributed by atoms with Crippen LogP contribution in [0, 0.1) is 0 Å². The smallest absolute Gasteiger partial charge is 0.214 e. The summed E-state index contributed by atoms with van der Waals surface area (Å²) in [5, 5.41) is 3.79. The van der Waals surface area contributed by atoms with Crippen LogP contribution in [0.1, 0.15) is 32.1 Å². The van der Waals surface area contributed by atoms with Crippen LogP contribution in [0.4, 0.5) is 5.69 Å². The predicted molar refractivity (Wildman–Crippen MR) is 70.4 cm³/mol. The van der Waals surface area contributed by atoms with Gasteiger partial charge in [0.25, 0.3) is 0 Å². The first-order valence-electron chi connectivity index (χ1n) is 6.34. The Morgan fingerprint density at radius 2 is 2.11 bits per heavy atom. The molecule has 1 aromatic heterocycles. The van der Waals surface area contributed by atoms with E-state index in [1.807, 2.05) is 0 Å². The second-order valence-corrected chi connectivity index (χ2v) is 6.78. The molecule has 0 radical (unpaired) electrons. The highest BCUT2D eigenvalue weighted by Gasteiger charge is 2.26. The van der Waals surface area contributed by atoms with Gasteiger partial charge in [0.05, 0.1) is 23.7 Å². The molecule has 1 fully saturated rings. The number of rotatable bonds is 5. The number of hydrogen-bond acceptors (Lipinski definition) is 4. The monoisotopic (exact) mass is 272 g/mol. The van der Waals surface area contributed by atoms with Gasteiger partial charge < -0.3 is 5.73 Å². The first kappa shape index (κ1) is 13.4. The fourth-order valence-electron chi connectivity index (χ4n) is 2.30. The van der Waals surface area contributed by atoms with Gasteiger partial charge in [0.2, 0.25) is 10.0 Å². The molecule has 0 saturated heterocycles. The van der Waals surface area contributed by atoms with E-state index >= 15 is 0 Å². The highest BCUT2D eigenvalue weighted by Crippen LogP contribution is 2.22. The minimum Gasteiger partial charge on any atom is -0.396 e. The molecule has 102 valence electrons. The SMILES string of the molecule is Nc1cnn(CCNS(=O)(=O)C2CCCCC2)c1. The average molecular weight is 272 g/mol. The van der Waals surface area contributed by atoms with E-state index in [1.165, 1.54) is 0 Å². The van der Waals surface area contributed by atoms with Crippen LogP contribution in [-0.2, 0) is 16.6 Å². The van der Waals surface area contributed by atoms with Crippen molar-refractivity contribution in [3.05, 3.63) is 12.4 Å². The van der Waals surface area contributed by atoms with Gasteiger partial charge in [-0.25, -0.2) is 13.1 Å². The highest BCUT2D eigenvalue weighted by molar-refractivity contribution is 7.90. The van der Waals surface area contributed by atoms with Gasteiger partial charge in [-0.3, -0.25) is 4.68 Å². The molecule has 0 aromatic carbocycles. The molecule has 1 aliphatic rings. The molecule has 0 aliphatic heterocycles. The molecule has 1 aliphatic carbocycles. The van der Waals surface area contributed by atoms with Crippen molar-refractivity contribution in [1.29, 1.82) is 0 Å². The number of nitrogens with zero attached hydrogens (tertiary/aromatic N) is 2. The fraction of sp³-hybridized carbons (Fsp3) is 0.727. The normalized spacial score (nSPS) is 18.0. The van der Waals surface area contributed by atoms with Gasteiger partial charge in [-0.15, -0.1) is 0 Å². The number of nitrogens with two attached hydrogens (primary N) is 1. The molecule has 0 amide bonds. The van der Waals surface area contributed by atoms with E-state index in [1.54, 1.807) is 17.1 Å². The zero-order valence-electron chi connectivity index (χ0n) is 10.4. The van der Waals surface area contributed by atoms with E-state index in [9.17, 15) is 8.42 Å². The van der Waals surface area contributed by atoms with Crippen molar-refractivity contribution in [2.45, 2.75) is 43.9 Å². The van der Waals surface area contributed by atoms with E-state index in [2.05, 4.69) is 9.82 Å². The third-order valence-corrected chi connectivity index (χ3v) is 5.24. The summed E-state index contributed by atoms with van der Waals surface area (Å²) >= 11 is 0. The van der Waals surface area contributed by atoms with Crippen molar-refractivity contribution in [3.8, 4) is 0 Å². The van der Waals surface area contributed by atoms with Gasteiger partial charge in [-0.2, -0.15) is 5.10 Å². The lowest BCUT2D eigenvalue weighted by Crippen LogP contribution is -2.37. The highest BCUT2D eigenvalue weighted by atomic mass is 32.2. The average Bonchev–Trinajstić information content (AvgIpc) is 2.76. The van der Waals surface area contributed by atoms with Crippen LogP contribution in [0.3, 0.4) is 0 Å². The van der Waals surface area contributed by atoms with Crippen molar-refractivity contribution in [2.24, 2.45) is 0 Å². The number of nitrogens with one attached hydrogen (secondary N) is 1. The number of aromatic nitrogens is 2. The predicted octanol–water partition coefficient (Wildman–Crippen LogP) is 0.717. The summed E-state index contributed by atoms with van der Waals surface area (Å²) in [6.07, 6.45) is 7.99. The summed E-state index contributed by atoms with van der Waals surface area (Å²) in [6.45, 7) is 0.864. The van der Waals surface area contributed by atoms with Gasteiger partial charge >= 0.3 is 0 Å². The fourth-order valence-corrected chi connectivity index (χ4v) is 3.86. The maximum absolute atomic E-state index is 12.0. The largest absolute Gasteiger partial charge is 0.396 e. The second-order valence-electron chi connectivity index (χ2n) is 4.74. The van der Waals surface area contributed by atoms with Crippen LogP contribution in [0.25, 0.3) is 0 Å². The molecule has 1 saturated carbocycles. The van der Waals surface area contributed by atoms with Crippen LogP contribution < -0.4 is 10.5 Å². The Morgan fingerprint density at radius 3 is 2.72 bits per heavy atom. The summed E-state index contributed by atoms with van der Waals surface area (Å²) in [6, 6.07) is 0. The number of sulfonamides is 1. The molecule has 0 unspecified atom stereocenters. The van der Waals surface area contributed by atoms with Crippen molar-refractivity contribution in [2.75, 3.05) is 12.3 Å². The van der Waals surface area contributed by atoms with Gasteiger partial charge in [-0.05, 0) is 12.8 Å². The van der Waals surface area contributed by atoms with Crippen LogP contribution >= 0.6 is 0 Å². The Hall–Kier alpha value is -1.08. The van der Waals surface area contributed by atoms with Crippen LogP contribution in [0.2, 0.25) is 0 Å². The Labute approximate surface area is 108 Å². The van der Waals surface area contributed by atoms with Gasteiger partial charge in [-0.1, -0.05) is 19.3 Å². The maximum Gasteiger partial charge on any atom is 0.214 e. The maximum atomic E-state index is 12.0. The third kappa shape index (κ3) is 3.46. The van der Waals surface area contributed by atoms with E-state index in [0.717, 1.165) is 32.1 Å². The summed E-state index contributed by atoms with van der Waals surface area (Å²) in [7, 11) is -3.17. The molecule has 7 heteroatoms. The molecule has 1 aromatic rings. The second kappa shape index (κ2) is 5.71. The third-order valence-electron chi connectivity index (χ3n) is 3.29. The number of nitrogen functional groups attached to an aromatic ring is 1. The Balaban J connectivity index is 1.81. The van der Waals surface area contributed by atoms with Gasteiger partial charge in [0.15, 0.2) is 0 Å². The van der Waals surface area contributed by atoms with Crippen molar-refractivity contribution < 1.29 is 8.42 Å². The molecule has 1 heterocycles. The molecule has 6 nitrogen and oxygen atoms in total. The lowest BCUT2D eigenvalue weighted by molar-refractivity contribution is 0.475. The van der Waals surface area contributed by atoms with Crippen LogP contribution in [0.5, 0.6) is 0 Å². The number of anilines is 1. The molecule has 0 spiro atoms. The van der Waals surface area contributed by atoms with Gasteiger partial charge in [0, 0.05) is 12.7 Å². The van der Waals surface area contributed by atoms with E-state index in [-0.39, 0.29) is 5.25 Å². The molecule has 18 heavy (non-hydrogen) atoms. The summed E-state index contributed by atoms with van der Waals surface area (Å²) in [5.74, 6) is 0. The van der Waals surface area contributed by atoms with Crippen molar-refractivity contribution >= 4 is 15.7 Å². The molecule has 0 bridgehead atoms. The first-order chi connectivity index (χ1) is 8.58. The minimum atomic E-state index is -3.17. The van der Waals surface area contributed by atoms with E-state index in [4.69, 9.17) is 5.73 Å². The number of hydrogen-bond donors (Lipinski definition) is 2. The standard InChI is InChI=1S/C11H20N4O2S/c12-10-8-13-15(9-10)7-6-14-18(16,17)11-4-2-1-3-5-11/h8-9,11,14H,1-7,12H2. The van der Waals surface area contributed by atoms with Crippen molar-refractivity contribution in [1.82, 2.24) is 14.5 Å². The van der Waals surface area contributed by atoms with Crippen LogP contribution in [0.15, 0.2) is 12.4 Å². The zero-order valence-corrected chi connectivity index (χ0v) is 11.2. The first-order valence-corrected chi connectivity index (χ1v) is 7.89. The minimum absolute atomic E-state index is 0.214. The summed E-state index contributed by atoms with van der Waals surface area (Å²) in [4.78, 5) is 0. The Kier molecular flexibility index (Phi) is 4.23. The summed E-state index contributed by atoms with van der Waals surface area (Å²) < 4.78 is 28.3. The molecule has 0 atom stereocenters. The quantitative estimate of drug-likeness (QED) is 0.826. The molecular formula is C11H20N4O2S. The molecule has 2 rings (SSSR count). The molecular weight excluding hydrogens is 252 g/mol. The van der Waals surface area contributed by atoms with E-state index < -0.39 is 10.0 Å².